The fraction of sp³-hybridized carbons (Fsp3) is 0.294. The van der Waals surface area contributed by atoms with Gasteiger partial charge in [-0.3, -0.25) is 0 Å². The Hall–Kier alpha value is -2.07. The predicted octanol–water partition coefficient (Wildman–Crippen LogP) is 3.80. The van der Waals surface area contributed by atoms with E-state index in [1.165, 1.54) is 12.1 Å². The van der Waals surface area contributed by atoms with Crippen molar-refractivity contribution in [3.8, 4) is 11.5 Å². The standard InChI is InChI=1S/C17H18FNO2/c1-2-15(13-4-6-14(18)7-5-13)19-10-12-3-8-16-17(9-12)21-11-20-16/h3-9,15,19H,2,10-11H2,1H3/t15-/m1/s1. The molecule has 0 spiro atoms. The van der Waals surface area contributed by atoms with Crippen molar-refractivity contribution in [2.45, 2.75) is 25.9 Å². The third-order valence-corrected chi connectivity index (χ3v) is 3.67. The molecule has 3 rings (SSSR count). The maximum atomic E-state index is 13.0. The zero-order valence-electron chi connectivity index (χ0n) is 11.9. The average molecular weight is 287 g/mol. The summed E-state index contributed by atoms with van der Waals surface area (Å²) in [6.45, 7) is 3.13. The van der Waals surface area contributed by atoms with Crippen molar-refractivity contribution in [1.82, 2.24) is 5.32 Å². The molecule has 1 heterocycles. The van der Waals surface area contributed by atoms with Crippen molar-refractivity contribution >= 4 is 0 Å². The van der Waals surface area contributed by atoms with E-state index in [1.54, 1.807) is 0 Å². The molecule has 21 heavy (non-hydrogen) atoms. The van der Waals surface area contributed by atoms with Gasteiger partial charge in [-0.25, -0.2) is 4.39 Å². The van der Waals surface area contributed by atoms with Gasteiger partial charge in [-0.05, 0) is 41.8 Å². The van der Waals surface area contributed by atoms with Gasteiger partial charge in [-0.2, -0.15) is 0 Å². The van der Waals surface area contributed by atoms with Crippen molar-refractivity contribution in [1.29, 1.82) is 0 Å². The Morgan fingerprint density at radius 1 is 1.10 bits per heavy atom. The van der Waals surface area contributed by atoms with Gasteiger partial charge in [0.2, 0.25) is 6.79 Å². The van der Waals surface area contributed by atoms with Gasteiger partial charge in [0.1, 0.15) is 5.82 Å². The van der Waals surface area contributed by atoms with Gasteiger partial charge in [0.25, 0.3) is 0 Å². The third kappa shape index (κ3) is 3.16. The van der Waals surface area contributed by atoms with Gasteiger partial charge in [-0.15, -0.1) is 0 Å². The lowest BCUT2D eigenvalue weighted by molar-refractivity contribution is 0.174. The van der Waals surface area contributed by atoms with E-state index in [1.807, 2.05) is 30.3 Å². The molecule has 0 fully saturated rings. The first-order chi connectivity index (χ1) is 10.3. The van der Waals surface area contributed by atoms with Crippen LogP contribution >= 0.6 is 0 Å². The SMILES string of the molecule is CC[C@@H](NCc1ccc2c(c1)OCO2)c1ccc(F)cc1. The molecule has 0 bridgehead atoms. The van der Waals surface area contributed by atoms with Crippen molar-refractivity contribution in [2.75, 3.05) is 6.79 Å². The smallest absolute Gasteiger partial charge is 0.231 e. The number of halogens is 1. The second-order valence-electron chi connectivity index (χ2n) is 5.08. The zero-order valence-corrected chi connectivity index (χ0v) is 11.9. The zero-order chi connectivity index (χ0) is 14.7. The minimum atomic E-state index is -0.204. The number of benzene rings is 2. The molecule has 0 aliphatic carbocycles. The molecule has 1 aliphatic rings. The quantitative estimate of drug-likeness (QED) is 0.907. The topological polar surface area (TPSA) is 30.5 Å². The van der Waals surface area contributed by atoms with Crippen LogP contribution in [0.5, 0.6) is 11.5 Å². The van der Waals surface area contributed by atoms with Gasteiger partial charge in [0.05, 0.1) is 0 Å². The molecule has 110 valence electrons. The van der Waals surface area contributed by atoms with Gasteiger partial charge in [-0.1, -0.05) is 25.1 Å². The van der Waals surface area contributed by atoms with Crippen molar-refractivity contribution in [2.24, 2.45) is 0 Å². The van der Waals surface area contributed by atoms with Crippen LogP contribution in [0.2, 0.25) is 0 Å². The number of ether oxygens (including phenoxy) is 2. The number of hydrogen-bond acceptors (Lipinski definition) is 3. The highest BCUT2D eigenvalue weighted by atomic mass is 19.1. The van der Waals surface area contributed by atoms with Gasteiger partial charge < -0.3 is 14.8 Å². The summed E-state index contributed by atoms with van der Waals surface area (Å²) in [5, 5.41) is 3.49. The van der Waals surface area contributed by atoms with E-state index in [-0.39, 0.29) is 11.9 Å². The second kappa shape index (κ2) is 6.14. The van der Waals surface area contributed by atoms with E-state index in [4.69, 9.17) is 9.47 Å². The highest BCUT2D eigenvalue weighted by molar-refractivity contribution is 5.44. The molecule has 1 atom stereocenters. The molecule has 0 saturated heterocycles. The third-order valence-electron chi connectivity index (χ3n) is 3.67. The Morgan fingerprint density at radius 3 is 2.62 bits per heavy atom. The highest BCUT2D eigenvalue weighted by Crippen LogP contribution is 2.32. The van der Waals surface area contributed by atoms with Crippen LogP contribution in [0.3, 0.4) is 0 Å². The molecule has 4 heteroatoms. The summed E-state index contributed by atoms with van der Waals surface area (Å²) in [4.78, 5) is 0. The summed E-state index contributed by atoms with van der Waals surface area (Å²) >= 11 is 0. The lowest BCUT2D eigenvalue weighted by Gasteiger charge is -2.17. The Bertz CT molecular complexity index is 613. The molecular formula is C17H18FNO2. The second-order valence-corrected chi connectivity index (χ2v) is 5.08. The maximum Gasteiger partial charge on any atom is 0.231 e. The summed E-state index contributed by atoms with van der Waals surface area (Å²) in [6.07, 6.45) is 0.941. The Balaban J connectivity index is 1.66. The summed E-state index contributed by atoms with van der Waals surface area (Å²) in [5.74, 6) is 1.39. The molecule has 1 N–H and O–H groups in total. The van der Waals surface area contributed by atoms with E-state index in [0.717, 1.165) is 35.6 Å². The first-order valence-corrected chi connectivity index (χ1v) is 7.13. The average Bonchev–Trinajstić information content (AvgIpc) is 2.97. The maximum absolute atomic E-state index is 13.0. The van der Waals surface area contributed by atoms with Gasteiger partial charge >= 0.3 is 0 Å². The number of fused-ring (bicyclic) bond motifs is 1. The van der Waals surface area contributed by atoms with Crippen molar-refractivity contribution < 1.29 is 13.9 Å². The fourth-order valence-electron chi connectivity index (χ4n) is 2.48. The normalized spacial score (nSPS) is 14.2. The largest absolute Gasteiger partial charge is 0.454 e. The molecule has 0 radical (unpaired) electrons. The van der Waals surface area contributed by atoms with Crippen LogP contribution in [0.25, 0.3) is 0 Å². The van der Waals surface area contributed by atoms with Crippen molar-refractivity contribution in [3.63, 3.8) is 0 Å². The monoisotopic (exact) mass is 287 g/mol. The van der Waals surface area contributed by atoms with Gasteiger partial charge in [0, 0.05) is 12.6 Å². The summed E-state index contributed by atoms with van der Waals surface area (Å²) in [7, 11) is 0. The van der Waals surface area contributed by atoms with Crippen LogP contribution < -0.4 is 14.8 Å². The Kier molecular flexibility index (Phi) is 4.06. The van der Waals surface area contributed by atoms with E-state index in [0.29, 0.717) is 6.79 Å². The summed E-state index contributed by atoms with van der Waals surface area (Å²) < 4.78 is 23.7. The van der Waals surface area contributed by atoms with E-state index < -0.39 is 0 Å². The van der Waals surface area contributed by atoms with Crippen LogP contribution in [0.4, 0.5) is 4.39 Å². The first kappa shape index (κ1) is 13.9. The molecule has 3 nitrogen and oxygen atoms in total. The van der Waals surface area contributed by atoms with E-state index in [2.05, 4.69) is 12.2 Å². The molecular weight excluding hydrogens is 269 g/mol. The van der Waals surface area contributed by atoms with Gasteiger partial charge in [0.15, 0.2) is 11.5 Å². The Morgan fingerprint density at radius 2 is 1.86 bits per heavy atom. The number of rotatable bonds is 5. The predicted molar refractivity (Wildman–Crippen MR) is 78.8 cm³/mol. The highest BCUT2D eigenvalue weighted by Gasteiger charge is 2.14. The summed E-state index contributed by atoms with van der Waals surface area (Å²) in [6, 6.07) is 12.8. The Labute approximate surface area is 123 Å². The minimum absolute atomic E-state index is 0.204. The molecule has 0 unspecified atom stereocenters. The minimum Gasteiger partial charge on any atom is -0.454 e. The number of nitrogens with one attached hydrogen (secondary N) is 1. The lowest BCUT2D eigenvalue weighted by Crippen LogP contribution is -2.20. The van der Waals surface area contributed by atoms with E-state index in [9.17, 15) is 4.39 Å². The van der Waals surface area contributed by atoms with E-state index >= 15 is 0 Å². The summed E-state index contributed by atoms with van der Waals surface area (Å²) in [5.41, 5.74) is 2.24. The molecule has 2 aromatic rings. The molecule has 0 aromatic heterocycles. The number of hydrogen-bond donors (Lipinski definition) is 1. The van der Waals surface area contributed by atoms with Crippen molar-refractivity contribution in [3.05, 3.63) is 59.4 Å². The molecule has 0 amide bonds. The van der Waals surface area contributed by atoms with Crippen LogP contribution in [0, 0.1) is 5.82 Å². The lowest BCUT2D eigenvalue weighted by atomic mass is 10.0. The molecule has 2 aromatic carbocycles. The molecule has 0 saturated carbocycles. The van der Waals surface area contributed by atoms with Crippen LogP contribution in [0.1, 0.15) is 30.5 Å². The molecule has 1 aliphatic heterocycles. The fourth-order valence-corrected chi connectivity index (χ4v) is 2.48. The van der Waals surface area contributed by atoms with Crippen LogP contribution in [0.15, 0.2) is 42.5 Å². The van der Waals surface area contributed by atoms with Crippen LogP contribution in [-0.4, -0.2) is 6.79 Å². The van der Waals surface area contributed by atoms with Crippen LogP contribution in [-0.2, 0) is 6.54 Å². The first-order valence-electron chi connectivity index (χ1n) is 7.13.